The van der Waals surface area contributed by atoms with Crippen molar-refractivity contribution in [3.63, 3.8) is 0 Å². The van der Waals surface area contributed by atoms with Gasteiger partial charge >= 0.3 is 0 Å². The Morgan fingerprint density at radius 3 is 2.37 bits per heavy atom. The van der Waals surface area contributed by atoms with Crippen molar-refractivity contribution in [1.82, 2.24) is 19.4 Å². The zero-order valence-electron chi connectivity index (χ0n) is 21.5. The van der Waals surface area contributed by atoms with E-state index in [0.29, 0.717) is 43.0 Å². The molecule has 0 spiro atoms. The van der Waals surface area contributed by atoms with Gasteiger partial charge in [0.05, 0.1) is 18.8 Å². The summed E-state index contributed by atoms with van der Waals surface area (Å²) in [6.07, 6.45) is 3.80. The molecule has 2 aromatic heterocycles. The normalized spacial score (nSPS) is 18.3. The number of carbonyl (C=O) groups is 3. The summed E-state index contributed by atoms with van der Waals surface area (Å²) < 4.78 is 20.3. The molecule has 2 fully saturated rings. The van der Waals surface area contributed by atoms with Gasteiger partial charge in [0.1, 0.15) is 17.0 Å². The molecule has 200 valence electrons. The Bertz CT molecular complexity index is 1380. The number of aromatic nitrogens is 2. The van der Waals surface area contributed by atoms with E-state index >= 15 is 0 Å². The Hall–Kier alpha value is -3.79. The van der Waals surface area contributed by atoms with Crippen LogP contribution in [0, 0.1) is 11.7 Å². The van der Waals surface area contributed by atoms with Gasteiger partial charge in [-0.15, -0.1) is 0 Å². The van der Waals surface area contributed by atoms with E-state index in [-0.39, 0.29) is 35.3 Å². The van der Waals surface area contributed by atoms with E-state index in [4.69, 9.17) is 4.74 Å². The summed E-state index contributed by atoms with van der Waals surface area (Å²) in [5.41, 5.74) is 1.90. The third-order valence-corrected chi connectivity index (χ3v) is 7.57. The summed E-state index contributed by atoms with van der Waals surface area (Å²) in [5.74, 6) is -1.33. The standard InChI is InChI=1S/C28H31FN4O5/c1-31-16-23(24(35)28(37)33-12-9-20(34)15-33)21-14-22(26(38-2)30-25(21)31)27(36)32-10-7-18(8-11-32)13-17-3-5-19(29)6-4-17/h3-6,14,16,18,20,34H,7-13,15H2,1-2H3/t20-/m0/s1. The van der Waals surface area contributed by atoms with Crippen molar-refractivity contribution in [2.45, 2.75) is 31.8 Å². The summed E-state index contributed by atoms with van der Waals surface area (Å²) in [4.78, 5) is 47.2. The molecule has 0 saturated carbocycles. The van der Waals surface area contributed by atoms with E-state index in [9.17, 15) is 23.9 Å². The number of rotatable bonds is 6. The lowest BCUT2D eigenvalue weighted by Crippen LogP contribution is -2.39. The van der Waals surface area contributed by atoms with Crippen molar-refractivity contribution in [3.05, 3.63) is 59.0 Å². The zero-order valence-corrected chi connectivity index (χ0v) is 21.5. The molecule has 2 aliphatic rings. The van der Waals surface area contributed by atoms with Crippen molar-refractivity contribution in [1.29, 1.82) is 0 Å². The topological polar surface area (TPSA) is 105 Å². The number of likely N-dealkylation sites (tertiary alicyclic amines) is 2. The van der Waals surface area contributed by atoms with Gasteiger partial charge in [0.25, 0.3) is 17.6 Å². The third-order valence-electron chi connectivity index (χ3n) is 7.57. The number of benzene rings is 1. The van der Waals surface area contributed by atoms with Crippen LogP contribution in [0.5, 0.6) is 5.88 Å². The molecule has 38 heavy (non-hydrogen) atoms. The van der Waals surface area contributed by atoms with E-state index in [1.165, 1.54) is 24.1 Å². The maximum Gasteiger partial charge on any atom is 0.295 e. The molecule has 2 amide bonds. The molecule has 5 rings (SSSR count). The summed E-state index contributed by atoms with van der Waals surface area (Å²) in [7, 11) is 3.15. The number of fused-ring (bicyclic) bond motifs is 1. The van der Waals surface area contributed by atoms with Crippen LogP contribution < -0.4 is 4.74 Å². The Morgan fingerprint density at radius 2 is 1.74 bits per heavy atom. The minimum absolute atomic E-state index is 0.127. The first-order valence-electron chi connectivity index (χ1n) is 12.8. The molecule has 10 heteroatoms. The first-order valence-corrected chi connectivity index (χ1v) is 12.8. The van der Waals surface area contributed by atoms with E-state index in [2.05, 4.69) is 4.98 Å². The average molecular weight is 523 g/mol. The molecule has 1 atom stereocenters. The van der Waals surface area contributed by atoms with Gasteiger partial charge in [-0.3, -0.25) is 14.4 Å². The maximum atomic E-state index is 13.6. The van der Waals surface area contributed by atoms with Crippen LogP contribution in [0.2, 0.25) is 0 Å². The highest BCUT2D eigenvalue weighted by Gasteiger charge is 2.33. The second-order valence-corrected chi connectivity index (χ2v) is 10.2. The van der Waals surface area contributed by atoms with Gasteiger partial charge in [-0.25, -0.2) is 4.39 Å². The molecule has 1 N–H and O–H groups in total. The number of nitrogens with zero attached hydrogens (tertiary/aromatic N) is 4. The highest BCUT2D eigenvalue weighted by Crippen LogP contribution is 2.30. The molecule has 0 bridgehead atoms. The van der Waals surface area contributed by atoms with Gasteiger partial charge in [0.15, 0.2) is 0 Å². The first kappa shape index (κ1) is 25.8. The third kappa shape index (κ3) is 5.00. The number of aryl methyl sites for hydroxylation is 1. The fourth-order valence-corrected chi connectivity index (χ4v) is 5.42. The lowest BCUT2D eigenvalue weighted by molar-refractivity contribution is -0.125. The molecule has 0 unspecified atom stereocenters. The second kappa shape index (κ2) is 10.5. The number of β-amino-alcohol motifs (C(OH)–C–C–N with tert-alkyl or cyclic N) is 1. The molecular weight excluding hydrogens is 491 g/mol. The van der Waals surface area contributed by atoms with Crippen molar-refractivity contribution < 1.29 is 28.6 Å². The number of Topliss-reactive ketones (excluding diaryl/α,β-unsaturated/α-hetero) is 1. The average Bonchev–Trinajstić information content (AvgIpc) is 3.51. The summed E-state index contributed by atoms with van der Waals surface area (Å²) in [6.45, 7) is 1.57. The van der Waals surface area contributed by atoms with Gasteiger partial charge in [-0.2, -0.15) is 4.98 Å². The largest absolute Gasteiger partial charge is 0.480 e. The number of hydrogen-bond acceptors (Lipinski definition) is 6. The number of hydrogen-bond donors (Lipinski definition) is 1. The van der Waals surface area contributed by atoms with Gasteiger partial charge < -0.3 is 24.2 Å². The molecule has 2 aliphatic heterocycles. The highest BCUT2D eigenvalue weighted by molar-refractivity contribution is 6.45. The van der Waals surface area contributed by atoms with Crippen LogP contribution in [0.25, 0.3) is 11.0 Å². The maximum absolute atomic E-state index is 13.6. The van der Waals surface area contributed by atoms with Crippen molar-refractivity contribution in [3.8, 4) is 5.88 Å². The molecular formula is C28H31FN4O5. The predicted octanol–water partition coefficient (Wildman–Crippen LogP) is 2.59. The Kier molecular flexibility index (Phi) is 7.16. The van der Waals surface area contributed by atoms with Crippen LogP contribution in [0.4, 0.5) is 4.39 Å². The first-order chi connectivity index (χ1) is 18.2. The molecule has 0 radical (unpaired) electrons. The highest BCUT2D eigenvalue weighted by atomic mass is 19.1. The number of amides is 2. The van der Waals surface area contributed by atoms with Gasteiger partial charge in [0, 0.05) is 44.8 Å². The lowest BCUT2D eigenvalue weighted by Gasteiger charge is -2.32. The lowest BCUT2D eigenvalue weighted by atomic mass is 9.90. The van der Waals surface area contributed by atoms with Crippen molar-refractivity contribution >= 4 is 28.6 Å². The number of methoxy groups -OCH3 is 1. The van der Waals surface area contributed by atoms with E-state index < -0.39 is 17.8 Å². The predicted molar refractivity (Wildman–Crippen MR) is 138 cm³/mol. The van der Waals surface area contributed by atoms with Crippen LogP contribution in [-0.4, -0.2) is 81.4 Å². The molecule has 1 aromatic carbocycles. The van der Waals surface area contributed by atoms with E-state index in [0.717, 1.165) is 24.8 Å². The Morgan fingerprint density at radius 1 is 1.05 bits per heavy atom. The molecule has 0 aliphatic carbocycles. The molecule has 9 nitrogen and oxygen atoms in total. The van der Waals surface area contributed by atoms with Crippen LogP contribution in [-0.2, 0) is 18.3 Å². The SMILES string of the molecule is COc1nc2c(cc1C(=O)N1CCC(Cc3ccc(F)cc3)CC1)c(C(=O)C(=O)N1CC[C@H](O)C1)cn2C. The number of pyridine rings is 1. The number of aliphatic hydroxyl groups excluding tert-OH is 1. The van der Waals surface area contributed by atoms with Crippen molar-refractivity contribution in [2.24, 2.45) is 13.0 Å². The van der Waals surface area contributed by atoms with Crippen LogP contribution in [0.3, 0.4) is 0 Å². The minimum Gasteiger partial charge on any atom is -0.480 e. The van der Waals surface area contributed by atoms with Gasteiger partial charge in [0.2, 0.25) is 5.88 Å². The number of ketones is 1. The monoisotopic (exact) mass is 522 g/mol. The summed E-state index contributed by atoms with van der Waals surface area (Å²) >= 11 is 0. The van der Waals surface area contributed by atoms with E-state index in [1.54, 1.807) is 40.9 Å². The number of piperidine rings is 1. The Labute approximate surface area is 219 Å². The second-order valence-electron chi connectivity index (χ2n) is 10.2. The van der Waals surface area contributed by atoms with Crippen LogP contribution in [0.1, 0.15) is 45.5 Å². The van der Waals surface area contributed by atoms with Gasteiger partial charge in [-0.1, -0.05) is 12.1 Å². The van der Waals surface area contributed by atoms with E-state index in [1.807, 2.05) is 0 Å². The molecule has 2 saturated heterocycles. The number of ether oxygens (including phenoxy) is 1. The van der Waals surface area contributed by atoms with Crippen molar-refractivity contribution in [2.75, 3.05) is 33.3 Å². The van der Waals surface area contributed by atoms with Gasteiger partial charge in [-0.05, 0) is 55.4 Å². The van der Waals surface area contributed by atoms with Crippen LogP contribution in [0.15, 0.2) is 36.5 Å². The quantitative estimate of drug-likeness (QED) is 0.394. The molecule has 3 aromatic rings. The smallest absolute Gasteiger partial charge is 0.295 e. The number of halogens is 1. The Balaban J connectivity index is 1.35. The van der Waals surface area contributed by atoms with Crippen LogP contribution >= 0.6 is 0 Å². The fraction of sp³-hybridized carbons (Fsp3) is 0.429. The summed E-state index contributed by atoms with van der Waals surface area (Å²) in [6, 6.07) is 8.12. The minimum atomic E-state index is -0.698. The zero-order chi connectivity index (χ0) is 27.0. The molecule has 4 heterocycles. The fourth-order valence-electron chi connectivity index (χ4n) is 5.42. The number of carbonyl (C=O) groups excluding carboxylic acids is 3. The summed E-state index contributed by atoms with van der Waals surface area (Å²) in [5, 5.41) is 10.2. The number of aliphatic hydroxyl groups is 1.